The van der Waals surface area contributed by atoms with E-state index in [2.05, 4.69) is 20.6 Å². The van der Waals surface area contributed by atoms with E-state index < -0.39 is 0 Å². The van der Waals surface area contributed by atoms with Crippen molar-refractivity contribution in [3.8, 4) is 0 Å². The first kappa shape index (κ1) is 13.0. The summed E-state index contributed by atoms with van der Waals surface area (Å²) >= 11 is 0. The third-order valence-corrected chi connectivity index (χ3v) is 3.81. The van der Waals surface area contributed by atoms with Gasteiger partial charge in [0.05, 0.1) is 11.0 Å². The molecule has 3 N–H and O–H groups in total. The highest BCUT2D eigenvalue weighted by Gasteiger charge is 2.16. The number of benzene rings is 1. The first-order chi connectivity index (χ1) is 9.70. The van der Waals surface area contributed by atoms with E-state index in [0.717, 1.165) is 35.3 Å². The summed E-state index contributed by atoms with van der Waals surface area (Å²) in [5, 5.41) is 5.93. The maximum Gasteiger partial charge on any atom is 0.315 e. The van der Waals surface area contributed by atoms with Crippen LogP contribution in [0.4, 0.5) is 4.79 Å². The fourth-order valence-electron chi connectivity index (χ4n) is 2.78. The summed E-state index contributed by atoms with van der Waals surface area (Å²) in [5.74, 6) is 0.907. The van der Waals surface area contributed by atoms with Gasteiger partial charge in [-0.15, -0.1) is 0 Å². The Morgan fingerprint density at radius 3 is 3.00 bits per heavy atom. The number of aromatic amines is 1. The molecule has 1 aromatic carbocycles. The molecule has 106 valence electrons. The molecule has 0 aliphatic heterocycles. The maximum absolute atomic E-state index is 11.8. The lowest BCUT2D eigenvalue weighted by Gasteiger charge is -2.12. The highest BCUT2D eigenvalue weighted by molar-refractivity contribution is 5.77. The molecule has 1 heterocycles. The summed E-state index contributed by atoms with van der Waals surface area (Å²) in [4.78, 5) is 19.4. The minimum Gasteiger partial charge on any atom is -0.342 e. The maximum atomic E-state index is 11.8. The third kappa shape index (κ3) is 2.92. The van der Waals surface area contributed by atoms with E-state index in [0.29, 0.717) is 12.6 Å². The van der Waals surface area contributed by atoms with E-state index in [4.69, 9.17) is 0 Å². The van der Waals surface area contributed by atoms with Crippen LogP contribution in [0.25, 0.3) is 11.0 Å². The van der Waals surface area contributed by atoms with E-state index in [1.165, 1.54) is 12.8 Å². The summed E-state index contributed by atoms with van der Waals surface area (Å²) in [6.45, 7) is 2.47. The minimum atomic E-state index is -0.0715. The Labute approximate surface area is 118 Å². The van der Waals surface area contributed by atoms with Gasteiger partial charge >= 0.3 is 6.03 Å². The van der Waals surface area contributed by atoms with Gasteiger partial charge in [0.25, 0.3) is 0 Å². The molecule has 0 bridgehead atoms. The number of aryl methyl sites for hydroxylation is 1. The fraction of sp³-hybridized carbons (Fsp3) is 0.467. The van der Waals surface area contributed by atoms with Gasteiger partial charge < -0.3 is 15.6 Å². The van der Waals surface area contributed by atoms with Gasteiger partial charge in [0.2, 0.25) is 0 Å². The number of rotatable bonds is 3. The van der Waals surface area contributed by atoms with Crippen molar-refractivity contribution in [1.29, 1.82) is 0 Å². The Morgan fingerprint density at radius 2 is 2.20 bits per heavy atom. The first-order valence-electron chi connectivity index (χ1n) is 7.20. The molecular weight excluding hydrogens is 252 g/mol. The molecule has 0 radical (unpaired) electrons. The SMILES string of the molecule is Cc1nc2ccc(CNC(=O)NC3CCCC3)cc2[nH]1. The Kier molecular flexibility index (Phi) is 3.58. The zero-order chi connectivity index (χ0) is 13.9. The van der Waals surface area contributed by atoms with Crippen LogP contribution < -0.4 is 10.6 Å². The summed E-state index contributed by atoms with van der Waals surface area (Å²) in [7, 11) is 0. The van der Waals surface area contributed by atoms with Gasteiger partial charge in [0, 0.05) is 12.6 Å². The smallest absolute Gasteiger partial charge is 0.315 e. The van der Waals surface area contributed by atoms with Crippen molar-refractivity contribution in [3.63, 3.8) is 0 Å². The van der Waals surface area contributed by atoms with Crippen LogP contribution >= 0.6 is 0 Å². The molecule has 5 nitrogen and oxygen atoms in total. The molecule has 20 heavy (non-hydrogen) atoms. The molecule has 0 atom stereocenters. The van der Waals surface area contributed by atoms with E-state index in [1.54, 1.807) is 0 Å². The molecule has 1 aliphatic rings. The van der Waals surface area contributed by atoms with Crippen molar-refractivity contribution in [1.82, 2.24) is 20.6 Å². The van der Waals surface area contributed by atoms with Crippen LogP contribution in [0, 0.1) is 6.92 Å². The number of carbonyl (C=O) groups excluding carboxylic acids is 1. The number of hydrogen-bond acceptors (Lipinski definition) is 2. The van der Waals surface area contributed by atoms with Crippen molar-refractivity contribution in [2.45, 2.75) is 45.2 Å². The lowest BCUT2D eigenvalue weighted by molar-refractivity contribution is 0.236. The second kappa shape index (κ2) is 5.53. The average molecular weight is 272 g/mol. The summed E-state index contributed by atoms with van der Waals surface area (Å²) in [5.41, 5.74) is 3.04. The van der Waals surface area contributed by atoms with E-state index >= 15 is 0 Å². The highest BCUT2D eigenvalue weighted by Crippen LogP contribution is 2.17. The Balaban J connectivity index is 1.57. The van der Waals surface area contributed by atoms with Crippen LogP contribution in [0.15, 0.2) is 18.2 Å². The van der Waals surface area contributed by atoms with Crippen molar-refractivity contribution in [2.24, 2.45) is 0 Å². The third-order valence-electron chi connectivity index (χ3n) is 3.81. The van der Waals surface area contributed by atoms with Gasteiger partial charge in [-0.3, -0.25) is 0 Å². The monoisotopic (exact) mass is 272 g/mol. The van der Waals surface area contributed by atoms with Gasteiger partial charge in [-0.1, -0.05) is 18.9 Å². The van der Waals surface area contributed by atoms with E-state index in [-0.39, 0.29) is 6.03 Å². The largest absolute Gasteiger partial charge is 0.342 e. The second-order valence-corrected chi connectivity index (χ2v) is 5.48. The Hall–Kier alpha value is -2.04. The second-order valence-electron chi connectivity index (χ2n) is 5.48. The van der Waals surface area contributed by atoms with E-state index in [9.17, 15) is 4.79 Å². The molecule has 1 saturated carbocycles. The van der Waals surface area contributed by atoms with E-state index in [1.807, 2.05) is 25.1 Å². The van der Waals surface area contributed by atoms with Gasteiger partial charge in [0.15, 0.2) is 0 Å². The predicted octanol–water partition coefficient (Wildman–Crippen LogP) is 2.61. The number of urea groups is 1. The lowest BCUT2D eigenvalue weighted by atomic mass is 10.2. The number of fused-ring (bicyclic) bond motifs is 1. The number of H-pyrrole nitrogens is 1. The van der Waals surface area contributed by atoms with Gasteiger partial charge in [0.1, 0.15) is 5.82 Å². The first-order valence-corrected chi connectivity index (χ1v) is 7.20. The number of amides is 2. The number of nitrogens with one attached hydrogen (secondary N) is 3. The van der Waals surface area contributed by atoms with Crippen LogP contribution in [-0.4, -0.2) is 22.0 Å². The zero-order valence-electron chi connectivity index (χ0n) is 11.7. The number of imidazole rings is 1. The normalized spacial score (nSPS) is 15.7. The molecule has 1 fully saturated rings. The molecule has 5 heteroatoms. The average Bonchev–Trinajstić information content (AvgIpc) is 3.04. The number of hydrogen-bond donors (Lipinski definition) is 3. The Morgan fingerprint density at radius 1 is 1.40 bits per heavy atom. The van der Waals surface area contributed by atoms with Crippen LogP contribution in [0.1, 0.15) is 37.1 Å². The number of aromatic nitrogens is 2. The quantitative estimate of drug-likeness (QED) is 0.804. The summed E-state index contributed by atoms with van der Waals surface area (Å²) in [6.07, 6.45) is 4.65. The molecule has 1 aliphatic carbocycles. The molecule has 0 spiro atoms. The van der Waals surface area contributed by atoms with Crippen LogP contribution in [0.2, 0.25) is 0 Å². The summed E-state index contributed by atoms with van der Waals surface area (Å²) < 4.78 is 0. The molecule has 1 aromatic heterocycles. The molecule has 0 unspecified atom stereocenters. The Bertz CT molecular complexity index is 613. The van der Waals surface area contributed by atoms with Crippen molar-refractivity contribution < 1.29 is 4.79 Å². The minimum absolute atomic E-state index is 0.0715. The highest BCUT2D eigenvalue weighted by atomic mass is 16.2. The molecule has 3 rings (SSSR count). The van der Waals surface area contributed by atoms with Crippen molar-refractivity contribution in [3.05, 3.63) is 29.6 Å². The lowest BCUT2D eigenvalue weighted by Crippen LogP contribution is -2.40. The molecule has 2 aromatic rings. The topological polar surface area (TPSA) is 69.8 Å². The number of carbonyl (C=O) groups is 1. The van der Waals surface area contributed by atoms with Crippen LogP contribution in [0.3, 0.4) is 0 Å². The van der Waals surface area contributed by atoms with Gasteiger partial charge in [-0.2, -0.15) is 0 Å². The molecule has 2 amide bonds. The van der Waals surface area contributed by atoms with Gasteiger partial charge in [-0.05, 0) is 37.5 Å². The van der Waals surface area contributed by atoms with Crippen LogP contribution in [-0.2, 0) is 6.54 Å². The van der Waals surface area contributed by atoms with Crippen molar-refractivity contribution >= 4 is 17.1 Å². The molecule has 0 saturated heterocycles. The van der Waals surface area contributed by atoms with Gasteiger partial charge in [-0.25, -0.2) is 9.78 Å². The molecular formula is C15H20N4O. The summed E-state index contributed by atoms with van der Waals surface area (Å²) in [6, 6.07) is 6.29. The predicted molar refractivity (Wildman–Crippen MR) is 78.5 cm³/mol. The fourth-order valence-corrected chi connectivity index (χ4v) is 2.78. The van der Waals surface area contributed by atoms with Crippen LogP contribution in [0.5, 0.6) is 0 Å². The standard InChI is InChI=1S/C15H20N4O/c1-10-17-13-7-6-11(8-14(13)18-10)9-16-15(20)19-12-4-2-3-5-12/h6-8,12H,2-5,9H2,1H3,(H,17,18)(H2,16,19,20). The van der Waals surface area contributed by atoms with Crippen molar-refractivity contribution in [2.75, 3.05) is 0 Å². The zero-order valence-corrected chi connectivity index (χ0v) is 11.7. The number of nitrogens with zero attached hydrogens (tertiary/aromatic N) is 1.